The van der Waals surface area contributed by atoms with Crippen molar-refractivity contribution >= 4 is 5.82 Å². The molecule has 0 bridgehead atoms. The number of anilines is 1. The second-order valence-electron chi connectivity index (χ2n) is 6.61. The number of rotatable bonds is 2. The molecule has 3 aliphatic rings. The maximum absolute atomic E-state index is 6.07. The summed E-state index contributed by atoms with van der Waals surface area (Å²) in [5.41, 5.74) is 1.25. The SMILES string of the molecule is Cc1cccnc1N1C[C@@H]2OCCN(C3CCOCC3)[C@@H]2C1. The Morgan fingerprint density at radius 1 is 1.18 bits per heavy atom. The van der Waals surface area contributed by atoms with Gasteiger partial charge in [0.2, 0.25) is 0 Å². The van der Waals surface area contributed by atoms with Gasteiger partial charge in [-0.2, -0.15) is 0 Å². The van der Waals surface area contributed by atoms with Crippen molar-refractivity contribution in [3.8, 4) is 0 Å². The number of aryl methyl sites for hydroxylation is 1. The molecule has 0 spiro atoms. The first-order valence-electron chi connectivity index (χ1n) is 8.44. The van der Waals surface area contributed by atoms with Crippen LogP contribution in [-0.4, -0.2) is 67.5 Å². The van der Waals surface area contributed by atoms with Gasteiger partial charge in [-0.15, -0.1) is 0 Å². The third kappa shape index (κ3) is 2.62. The van der Waals surface area contributed by atoms with Crippen molar-refractivity contribution in [2.75, 3.05) is 44.4 Å². The van der Waals surface area contributed by atoms with Gasteiger partial charge in [0.15, 0.2) is 0 Å². The molecule has 1 aromatic heterocycles. The van der Waals surface area contributed by atoms with E-state index in [-0.39, 0.29) is 0 Å². The van der Waals surface area contributed by atoms with E-state index in [1.807, 2.05) is 12.3 Å². The molecule has 5 nitrogen and oxygen atoms in total. The normalized spacial score (nSPS) is 30.5. The Balaban J connectivity index is 1.52. The van der Waals surface area contributed by atoms with E-state index < -0.39 is 0 Å². The standard InChI is InChI=1S/C17H25N3O2/c1-13-3-2-6-18-17(13)19-11-15-16(12-19)22-10-7-20(15)14-4-8-21-9-5-14/h2-3,6,14-16H,4-5,7-12H2,1H3/t15-,16+/m1/s1. The molecule has 0 radical (unpaired) electrons. The molecule has 4 heterocycles. The van der Waals surface area contributed by atoms with E-state index in [0.29, 0.717) is 18.2 Å². The lowest BCUT2D eigenvalue weighted by atomic mass is 10.0. The van der Waals surface area contributed by atoms with Crippen LogP contribution in [0.5, 0.6) is 0 Å². The topological polar surface area (TPSA) is 37.8 Å². The Bertz CT molecular complexity index is 518. The molecule has 0 amide bonds. The summed E-state index contributed by atoms with van der Waals surface area (Å²) in [6.45, 7) is 7.85. The first-order valence-corrected chi connectivity index (χ1v) is 8.44. The van der Waals surface area contributed by atoms with Crippen LogP contribution >= 0.6 is 0 Å². The Morgan fingerprint density at radius 2 is 2.05 bits per heavy atom. The lowest BCUT2D eigenvalue weighted by Crippen LogP contribution is -2.56. The first-order chi connectivity index (χ1) is 10.8. The molecule has 3 saturated heterocycles. The average molecular weight is 303 g/mol. The predicted octanol–water partition coefficient (Wildman–Crippen LogP) is 1.46. The highest BCUT2D eigenvalue weighted by atomic mass is 16.5. The van der Waals surface area contributed by atoms with Crippen LogP contribution in [-0.2, 0) is 9.47 Å². The minimum absolute atomic E-state index is 0.318. The fourth-order valence-electron chi connectivity index (χ4n) is 4.17. The monoisotopic (exact) mass is 303 g/mol. The summed E-state index contributed by atoms with van der Waals surface area (Å²) >= 11 is 0. The molecular weight excluding hydrogens is 278 g/mol. The van der Waals surface area contributed by atoms with Crippen LogP contribution in [0.4, 0.5) is 5.82 Å². The Labute approximate surface area is 132 Å². The van der Waals surface area contributed by atoms with E-state index in [1.54, 1.807) is 0 Å². The fraction of sp³-hybridized carbons (Fsp3) is 0.706. The molecule has 0 aliphatic carbocycles. The van der Waals surface area contributed by atoms with Gasteiger partial charge in [-0.3, -0.25) is 4.90 Å². The summed E-state index contributed by atoms with van der Waals surface area (Å²) in [6.07, 6.45) is 4.53. The molecule has 5 heteroatoms. The van der Waals surface area contributed by atoms with Crippen LogP contribution in [0.2, 0.25) is 0 Å². The molecular formula is C17H25N3O2. The molecule has 3 fully saturated rings. The van der Waals surface area contributed by atoms with Crippen molar-refractivity contribution in [3.05, 3.63) is 23.9 Å². The third-order valence-corrected chi connectivity index (χ3v) is 5.29. The number of aromatic nitrogens is 1. The Morgan fingerprint density at radius 3 is 2.86 bits per heavy atom. The van der Waals surface area contributed by atoms with Crippen LogP contribution in [0.25, 0.3) is 0 Å². The van der Waals surface area contributed by atoms with Crippen LogP contribution in [0, 0.1) is 6.92 Å². The van der Waals surface area contributed by atoms with Crippen molar-refractivity contribution in [1.82, 2.24) is 9.88 Å². The van der Waals surface area contributed by atoms with Gasteiger partial charge in [0.1, 0.15) is 5.82 Å². The molecule has 0 N–H and O–H groups in total. The van der Waals surface area contributed by atoms with E-state index in [9.17, 15) is 0 Å². The lowest BCUT2D eigenvalue weighted by molar-refractivity contribution is -0.0807. The summed E-state index contributed by atoms with van der Waals surface area (Å²) in [4.78, 5) is 9.68. The number of morpholine rings is 1. The zero-order valence-corrected chi connectivity index (χ0v) is 13.3. The fourth-order valence-corrected chi connectivity index (χ4v) is 4.17. The van der Waals surface area contributed by atoms with Gasteiger partial charge in [0.25, 0.3) is 0 Å². The number of nitrogens with zero attached hydrogens (tertiary/aromatic N) is 3. The van der Waals surface area contributed by atoms with E-state index in [1.165, 1.54) is 5.56 Å². The quantitative estimate of drug-likeness (QED) is 0.827. The minimum atomic E-state index is 0.318. The molecule has 4 rings (SSSR count). The lowest BCUT2D eigenvalue weighted by Gasteiger charge is -2.43. The van der Waals surface area contributed by atoms with Crippen LogP contribution in [0.3, 0.4) is 0 Å². The highest BCUT2D eigenvalue weighted by Gasteiger charge is 2.43. The maximum atomic E-state index is 6.07. The zero-order valence-electron chi connectivity index (χ0n) is 13.3. The molecule has 1 aromatic rings. The minimum Gasteiger partial charge on any atom is -0.381 e. The van der Waals surface area contributed by atoms with Crippen molar-refractivity contribution in [3.63, 3.8) is 0 Å². The summed E-state index contributed by atoms with van der Waals surface area (Å²) < 4.78 is 11.6. The Kier molecular flexibility index (Phi) is 4.03. The number of pyridine rings is 1. The zero-order chi connectivity index (χ0) is 14.9. The molecule has 120 valence electrons. The van der Waals surface area contributed by atoms with Gasteiger partial charge in [-0.1, -0.05) is 6.07 Å². The van der Waals surface area contributed by atoms with Crippen LogP contribution in [0.1, 0.15) is 18.4 Å². The largest absolute Gasteiger partial charge is 0.381 e. The first kappa shape index (κ1) is 14.4. The van der Waals surface area contributed by atoms with E-state index in [4.69, 9.17) is 9.47 Å². The van der Waals surface area contributed by atoms with Crippen LogP contribution < -0.4 is 4.90 Å². The maximum Gasteiger partial charge on any atom is 0.131 e. The molecule has 22 heavy (non-hydrogen) atoms. The number of hydrogen-bond donors (Lipinski definition) is 0. The highest BCUT2D eigenvalue weighted by Crippen LogP contribution is 2.30. The third-order valence-electron chi connectivity index (χ3n) is 5.29. The number of ether oxygens (including phenoxy) is 2. The molecule has 0 saturated carbocycles. The van der Waals surface area contributed by atoms with Gasteiger partial charge in [-0.05, 0) is 31.4 Å². The van der Waals surface area contributed by atoms with Crippen LogP contribution in [0.15, 0.2) is 18.3 Å². The highest BCUT2D eigenvalue weighted by molar-refractivity contribution is 5.47. The predicted molar refractivity (Wildman–Crippen MR) is 85.3 cm³/mol. The second kappa shape index (κ2) is 6.14. The number of fused-ring (bicyclic) bond motifs is 1. The van der Waals surface area contributed by atoms with E-state index in [0.717, 1.165) is 58.1 Å². The van der Waals surface area contributed by atoms with Gasteiger partial charge in [0.05, 0.1) is 18.8 Å². The van der Waals surface area contributed by atoms with Gasteiger partial charge in [-0.25, -0.2) is 4.98 Å². The van der Waals surface area contributed by atoms with E-state index in [2.05, 4.69) is 27.8 Å². The summed E-state index contributed by atoms with van der Waals surface area (Å²) in [5, 5.41) is 0. The molecule has 0 unspecified atom stereocenters. The van der Waals surface area contributed by atoms with E-state index >= 15 is 0 Å². The van der Waals surface area contributed by atoms with Gasteiger partial charge < -0.3 is 14.4 Å². The molecule has 0 aromatic carbocycles. The second-order valence-corrected chi connectivity index (χ2v) is 6.61. The number of hydrogen-bond acceptors (Lipinski definition) is 5. The van der Waals surface area contributed by atoms with Crippen molar-refractivity contribution in [2.45, 2.75) is 38.0 Å². The summed E-state index contributed by atoms with van der Waals surface area (Å²) in [7, 11) is 0. The Hall–Kier alpha value is -1.17. The summed E-state index contributed by atoms with van der Waals surface area (Å²) in [6, 6.07) is 5.31. The van der Waals surface area contributed by atoms with Gasteiger partial charge >= 0.3 is 0 Å². The molecule has 2 atom stereocenters. The molecule has 3 aliphatic heterocycles. The summed E-state index contributed by atoms with van der Waals surface area (Å²) in [5.74, 6) is 1.12. The van der Waals surface area contributed by atoms with Crippen molar-refractivity contribution < 1.29 is 9.47 Å². The smallest absolute Gasteiger partial charge is 0.131 e. The van der Waals surface area contributed by atoms with Gasteiger partial charge in [0, 0.05) is 45.1 Å². The van der Waals surface area contributed by atoms with Crippen molar-refractivity contribution in [2.24, 2.45) is 0 Å². The van der Waals surface area contributed by atoms with Crippen molar-refractivity contribution in [1.29, 1.82) is 0 Å². The average Bonchev–Trinajstić information content (AvgIpc) is 3.00.